The van der Waals surface area contributed by atoms with Crippen LogP contribution in [-0.4, -0.2) is 12.4 Å². The van der Waals surface area contributed by atoms with Gasteiger partial charge >= 0.3 is 0 Å². The molecule has 3 rings (SSSR count). The van der Waals surface area contributed by atoms with Crippen molar-refractivity contribution in [1.82, 2.24) is 0 Å². The molecule has 1 aliphatic rings. The number of ether oxygens (including phenoxy) is 1. The smallest absolute Gasteiger partial charge is 0.141 e. The molecule has 0 saturated heterocycles. The minimum Gasteiger partial charge on any atom is -0.494 e. The largest absolute Gasteiger partial charge is 0.494 e. The molecule has 0 bridgehead atoms. The predicted molar refractivity (Wildman–Crippen MR) is 97.8 cm³/mol. The monoisotopic (exact) mass is 342 g/mol. The molecule has 0 aromatic heterocycles. The fourth-order valence-electron chi connectivity index (χ4n) is 3.80. The Kier molecular flexibility index (Phi) is 4.69. The van der Waals surface area contributed by atoms with Gasteiger partial charge in [-0.05, 0) is 42.0 Å². The van der Waals surface area contributed by atoms with E-state index in [2.05, 4.69) is 26.0 Å². The van der Waals surface area contributed by atoms with Gasteiger partial charge in [-0.15, -0.1) is 0 Å². The van der Waals surface area contributed by atoms with E-state index in [9.17, 15) is 4.79 Å². The first-order valence-corrected chi connectivity index (χ1v) is 8.81. The molecule has 0 heterocycles. The van der Waals surface area contributed by atoms with Crippen LogP contribution in [-0.2, 0) is 11.2 Å². The maximum absolute atomic E-state index is 12.9. The maximum Gasteiger partial charge on any atom is 0.141 e. The van der Waals surface area contributed by atoms with E-state index < -0.39 is 0 Å². The molecule has 0 N–H and O–H groups in total. The third-order valence-corrected chi connectivity index (χ3v) is 5.26. The average Bonchev–Trinajstić information content (AvgIpc) is 3.13. The second kappa shape index (κ2) is 6.60. The summed E-state index contributed by atoms with van der Waals surface area (Å²) in [7, 11) is 0. The van der Waals surface area contributed by atoms with Gasteiger partial charge in [-0.1, -0.05) is 55.8 Å². The molecular weight excluding hydrogens is 320 g/mol. The van der Waals surface area contributed by atoms with E-state index in [0.717, 1.165) is 11.3 Å². The van der Waals surface area contributed by atoms with Gasteiger partial charge in [0, 0.05) is 22.9 Å². The number of hydrogen-bond acceptors (Lipinski definition) is 2. The summed E-state index contributed by atoms with van der Waals surface area (Å²) < 4.78 is 5.65. The summed E-state index contributed by atoms with van der Waals surface area (Å²) in [6.45, 7) is 6.86. The Labute approximate surface area is 148 Å². The van der Waals surface area contributed by atoms with Crippen molar-refractivity contribution < 1.29 is 9.53 Å². The zero-order valence-electron chi connectivity index (χ0n) is 14.4. The van der Waals surface area contributed by atoms with Gasteiger partial charge in [0.2, 0.25) is 0 Å². The standard InChI is InChI=1S/C21H23ClO2/c1-4-24-18-11-10-16(22)12-15(18)13-17(23)20-19(21(20,2)3)14-8-6-5-7-9-14/h5-12,19-20H,4,13H2,1-3H3/t19-,20-/m1/s1. The number of carbonyl (C=O) groups excluding carboxylic acids is 1. The lowest BCUT2D eigenvalue weighted by atomic mass is 10.0. The minimum atomic E-state index is 0.00277. The van der Waals surface area contributed by atoms with E-state index in [4.69, 9.17) is 16.3 Å². The lowest BCUT2D eigenvalue weighted by molar-refractivity contribution is -0.120. The van der Waals surface area contributed by atoms with Crippen LogP contribution in [0.15, 0.2) is 48.5 Å². The molecule has 0 aliphatic heterocycles. The Hall–Kier alpha value is -1.80. The van der Waals surface area contributed by atoms with Gasteiger partial charge < -0.3 is 4.74 Å². The number of carbonyl (C=O) groups is 1. The van der Waals surface area contributed by atoms with Crippen molar-refractivity contribution in [2.45, 2.75) is 33.1 Å². The Balaban J connectivity index is 1.80. The van der Waals surface area contributed by atoms with Crippen LogP contribution in [0.25, 0.3) is 0 Å². The van der Waals surface area contributed by atoms with Crippen LogP contribution in [0.5, 0.6) is 5.75 Å². The number of ketones is 1. The van der Waals surface area contributed by atoms with E-state index in [0.29, 0.717) is 24.0 Å². The number of benzene rings is 2. The Morgan fingerprint density at radius 3 is 2.54 bits per heavy atom. The van der Waals surface area contributed by atoms with Crippen molar-refractivity contribution in [2.75, 3.05) is 6.61 Å². The molecule has 1 saturated carbocycles. The zero-order chi connectivity index (χ0) is 17.3. The second-order valence-electron chi connectivity index (χ2n) is 7.02. The number of halogens is 1. The first-order chi connectivity index (χ1) is 11.4. The van der Waals surface area contributed by atoms with Crippen LogP contribution in [0.3, 0.4) is 0 Å². The van der Waals surface area contributed by atoms with Crippen LogP contribution in [0, 0.1) is 11.3 Å². The summed E-state index contributed by atoms with van der Waals surface area (Å²) in [4.78, 5) is 12.9. The molecule has 0 unspecified atom stereocenters. The van der Waals surface area contributed by atoms with Crippen molar-refractivity contribution in [2.24, 2.45) is 11.3 Å². The second-order valence-corrected chi connectivity index (χ2v) is 7.45. The topological polar surface area (TPSA) is 26.3 Å². The zero-order valence-corrected chi connectivity index (χ0v) is 15.1. The van der Waals surface area contributed by atoms with Gasteiger partial charge in [-0.2, -0.15) is 0 Å². The molecule has 1 aliphatic carbocycles. The van der Waals surface area contributed by atoms with Crippen LogP contribution >= 0.6 is 11.6 Å². The van der Waals surface area contributed by atoms with Gasteiger partial charge in [0.25, 0.3) is 0 Å². The van der Waals surface area contributed by atoms with E-state index in [1.807, 2.05) is 37.3 Å². The molecule has 2 aromatic rings. The van der Waals surface area contributed by atoms with Crippen molar-refractivity contribution in [1.29, 1.82) is 0 Å². The van der Waals surface area contributed by atoms with Crippen LogP contribution in [0.1, 0.15) is 37.8 Å². The molecule has 24 heavy (non-hydrogen) atoms. The first-order valence-electron chi connectivity index (χ1n) is 8.44. The van der Waals surface area contributed by atoms with E-state index in [-0.39, 0.29) is 17.1 Å². The first kappa shape index (κ1) is 17.0. The van der Waals surface area contributed by atoms with Gasteiger partial charge in [-0.25, -0.2) is 0 Å². The SMILES string of the molecule is CCOc1ccc(Cl)cc1CC(=O)[C@@H]1[C@@H](c2ccccc2)C1(C)C. The summed E-state index contributed by atoms with van der Waals surface area (Å²) in [6, 6.07) is 15.8. The fourth-order valence-corrected chi connectivity index (χ4v) is 4.00. The highest BCUT2D eigenvalue weighted by Gasteiger charge is 2.61. The molecular formula is C21H23ClO2. The Morgan fingerprint density at radius 2 is 1.88 bits per heavy atom. The van der Waals surface area contributed by atoms with Crippen LogP contribution in [0.2, 0.25) is 5.02 Å². The van der Waals surface area contributed by atoms with Crippen molar-refractivity contribution in [3.8, 4) is 5.75 Å². The van der Waals surface area contributed by atoms with Crippen molar-refractivity contribution in [3.05, 3.63) is 64.7 Å². The van der Waals surface area contributed by atoms with Crippen molar-refractivity contribution in [3.63, 3.8) is 0 Å². The summed E-state index contributed by atoms with van der Waals surface area (Å²) in [6.07, 6.45) is 0.368. The molecule has 126 valence electrons. The highest BCUT2D eigenvalue weighted by Crippen LogP contribution is 2.64. The highest BCUT2D eigenvalue weighted by molar-refractivity contribution is 6.30. The summed E-state index contributed by atoms with van der Waals surface area (Å²) >= 11 is 6.11. The molecule has 2 aromatic carbocycles. The van der Waals surface area contributed by atoms with E-state index in [1.54, 1.807) is 6.07 Å². The third kappa shape index (κ3) is 3.21. The maximum atomic E-state index is 12.9. The molecule has 0 spiro atoms. The van der Waals surface area contributed by atoms with Gasteiger partial charge in [0.05, 0.1) is 6.61 Å². The van der Waals surface area contributed by atoms with Crippen molar-refractivity contribution >= 4 is 17.4 Å². The molecule has 0 amide bonds. The quantitative estimate of drug-likeness (QED) is 0.713. The van der Waals surface area contributed by atoms with Crippen LogP contribution in [0.4, 0.5) is 0 Å². The van der Waals surface area contributed by atoms with Crippen LogP contribution < -0.4 is 4.74 Å². The summed E-state index contributed by atoms with van der Waals surface area (Å²) in [5, 5.41) is 0.635. The molecule has 1 fully saturated rings. The number of Topliss-reactive ketones (excluding diaryl/α,β-unsaturated/α-hetero) is 1. The van der Waals surface area contributed by atoms with Gasteiger partial charge in [-0.3, -0.25) is 4.79 Å². The highest BCUT2D eigenvalue weighted by atomic mass is 35.5. The molecule has 2 nitrogen and oxygen atoms in total. The van der Waals surface area contributed by atoms with E-state index >= 15 is 0 Å². The van der Waals surface area contributed by atoms with Gasteiger partial charge in [0.1, 0.15) is 11.5 Å². The average molecular weight is 343 g/mol. The molecule has 2 atom stereocenters. The number of hydrogen-bond donors (Lipinski definition) is 0. The minimum absolute atomic E-state index is 0.00277. The van der Waals surface area contributed by atoms with E-state index in [1.165, 1.54) is 5.56 Å². The molecule has 3 heteroatoms. The van der Waals surface area contributed by atoms with Gasteiger partial charge in [0.15, 0.2) is 0 Å². The lowest BCUT2D eigenvalue weighted by Gasteiger charge is -2.10. The summed E-state index contributed by atoms with van der Waals surface area (Å²) in [5.41, 5.74) is 2.13. The Bertz CT molecular complexity index is 737. The Morgan fingerprint density at radius 1 is 1.17 bits per heavy atom. The summed E-state index contributed by atoms with van der Waals surface area (Å²) in [5.74, 6) is 1.36. The lowest BCUT2D eigenvalue weighted by Crippen LogP contribution is -2.10. The predicted octanol–water partition coefficient (Wildman–Crippen LogP) is 5.29. The normalized spacial score (nSPS) is 21.3. The third-order valence-electron chi connectivity index (χ3n) is 5.02. The fraction of sp³-hybridized carbons (Fsp3) is 0.381. The molecule has 0 radical (unpaired) electrons. The number of rotatable bonds is 6.